The van der Waals surface area contributed by atoms with Crippen molar-refractivity contribution in [1.29, 1.82) is 0 Å². The Morgan fingerprint density at radius 2 is 1.80 bits per heavy atom. The molecule has 4 N–H and O–H groups in total. The van der Waals surface area contributed by atoms with Gasteiger partial charge in [-0.25, -0.2) is 8.42 Å². The molecule has 4 rings (SSSR count). The number of non-ortho nitro benzene ring substituents is 1. The van der Waals surface area contributed by atoms with Crippen LogP contribution in [0.15, 0.2) is 66.7 Å². The van der Waals surface area contributed by atoms with Crippen LogP contribution in [0.3, 0.4) is 0 Å². The monoisotopic (exact) mass is 663 g/mol. The van der Waals surface area contributed by atoms with E-state index < -0.39 is 50.4 Å². The number of aliphatic hydroxyl groups is 1. The molecule has 1 aliphatic heterocycles. The fourth-order valence-electron chi connectivity index (χ4n) is 5.23. The van der Waals surface area contributed by atoms with Gasteiger partial charge in [-0.05, 0) is 61.6 Å². The number of sulfonamides is 1. The van der Waals surface area contributed by atoms with E-state index in [9.17, 15) is 41.6 Å². The average molecular weight is 664 g/mol. The van der Waals surface area contributed by atoms with Crippen LogP contribution < -0.4 is 20.3 Å². The fourth-order valence-corrected chi connectivity index (χ4v) is 6.85. The first-order valence-corrected chi connectivity index (χ1v) is 16.4. The third-order valence-corrected chi connectivity index (χ3v) is 9.35. The van der Waals surface area contributed by atoms with Gasteiger partial charge in [0, 0.05) is 49.6 Å². The van der Waals surface area contributed by atoms with Crippen molar-refractivity contribution in [3.05, 3.63) is 99.1 Å². The van der Waals surface area contributed by atoms with E-state index >= 15 is 0 Å². The van der Waals surface area contributed by atoms with Crippen molar-refractivity contribution in [3.8, 4) is 0 Å². The van der Waals surface area contributed by atoms with E-state index in [1.54, 1.807) is 24.3 Å². The second kappa shape index (κ2) is 14.9. The molecule has 0 aliphatic carbocycles. The molecule has 0 bridgehead atoms. The largest absolute Gasteiger partial charge is 0.416 e. The highest BCUT2D eigenvalue weighted by Crippen LogP contribution is 2.33. The van der Waals surface area contributed by atoms with Gasteiger partial charge in [0.05, 0.1) is 34.1 Å². The molecule has 1 fully saturated rings. The summed E-state index contributed by atoms with van der Waals surface area (Å²) in [6, 6.07) is 15.2. The lowest BCUT2D eigenvalue weighted by Crippen LogP contribution is -2.48. The lowest BCUT2D eigenvalue weighted by molar-refractivity contribution is -0.385. The number of anilines is 2. The molecule has 0 spiro atoms. The molecule has 0 aromatic heterocycles. The van der Waals surface area contributed by atoms with E-state index in [-0.39, 0.29) is 42.9 Å². The summed E-state index contributed by atoms with van der Waals surface area (Å²) in [6.07, 6.45) is -4.59. The second-order valence-corrected chi connectivity index (χ2v) is 13.0. The zero-order valence-electron chi connectivity index (χ0n) is 25.1. The third kappa shape index (κ3) is 9.17. The number of carbonyl (C=O) groups is 1. The van der Waals surface area contributed by atoms with Crippen molar-refractivity contribution in [3.63, 3.8) is 0 Å². The molecule has 3 aromatic carbocycles. The van der Waals surface area contributed by atoms with E-state index in [0.717, 1.165) is 17.7 Å². The molecule has 11 nitrogen and oxygen atoms in total. The number of hydrogen-bond donors (Lipinski definition) is 4. The van der Waals surface area contributed by atoms with E-state index in [1.165, 1.54) is 10.4 Å². The van der Waals surface area contributed by atoms with Gasteiger partial charge in [0.1, 0.15) is 0 Å². The number of carbonyl (C=O) groups excluding carboxylic acids is 1. The highest BCUT2D eigenvalue weighted by atomic mass is 32.2. The maximum absolute atomic E-state index is 13.6. The van der Waals surface area contributed by atoms with E-state index in [4.69, 9.17) is 0 Å². The lowest BCUT2D eigenvalue weighted by Gasteiger charge is -2.29. The van der Waals surface area contributed by atoms with Gasteiger partial charge in [0.2, 0.25) is 10.0 Å². The molecular weight excluding hydrogens is 627 g/mol. The minimum atomic E-state index is -4.78. The van der Waals surface area contributed by atoms with E-state index in [2.05, 4.69) is 16.0 Å². The number of halogens is 3. The topological polar surface area (TPSA) is 154 Å². The predicted molar refractivity (Wildman–Crippen MR) is 168 cm³/mol. The van der Waals surface area contributed by atoms with Gasteiger partial charge in [-0.15, -0.1) is 0 Å². The molecule has 1 heterocycles. The highest BCUT2D eigenvalue weighted by molar-refractivity contribution is 7.92. The summed E-state index contributed by atoms with van der Waals surface area (Å²) in [4.78, 5) is 23.9. The summed E-state index contributed by atoms with van der Waals surface area (Å²) < 4.78 is 66.8. The summed E-state index contributed by atoms with van der Waals surface area (Å²) in [5.41, 5.74) is -0.0192. The van der Waals surface area contributed by atoms with Gasteiger partial charge in [-0.1, -0.05) is 30.3 Å². The number of nitrogens with zero attached hydrogens (tertiary/aromatic N) is 2. The smallest absolute Gasteiger partial charge is 0.390 e. The van der Waals surface area contributed by atoms with Crippen LogP contribution in [0.5, 0.6) is 0 Å². The molecule has 3 aromatic rings. The summed E-state index contributed by atoms with van der Waals surface area (Å²) in [7, 11) is -3.55. The first-order valence-electron chi connectivity index (χ1n) is 14.8. The van der Waals surface area contributed by atoms with Gasteiger partial charge < -0.3 is 21.1 Å². The van der Waals surface area contributed by atoms with E-state index in [0.29, 0.717) is 36.8 Å². The lowest BCUT2D eigenvalue weighted by atomic mass is 10.00. The van der Waals surface area contributed by atoms with Gasteiger partial charge in [0.25, 0.3) is 11.6 Å². The zero-order valence-corrected chi connectivity index (χ0v) is 25.9. The molecule has 1 amide bonds. The summed E-state index contributed by atoms with van der Waals surface area (Å²) >= 11 is 0. The van der Waals surface area contributed by atoms with Crippen LogP contribution in [0.1, 0.15) is 46.8 Å². The molecular formula is C31H36F3N5O6S. The maximum atomic E-state index is 13.6. The first kappa shape index (κ1) is 34.7. The number of alkyl halides is 3. The molecule has 0 saturated carbocycles. The quantitative estimate of drug-likeness (QED) is 0.154. The van der Waals surface area contributed by atoms with Crippen LogP contribution in [-0.2, 0) is 29.2 Å². The van der Waals surface area contributed by atoms with Gasteiger partial charge >= 0.3 is 6.18 Å². The Kier molecular flexibility index (Phi) is 11.2. The highest BCUT2D eigenvalue weighted by Gasteiger charge is 2.33. The van der Waals surface area contributed by atoms with Crippen LogP contribution in [0, 0.1) is 10.1 Å². The maximum Gasteiger partial charge on any atom is 0.416 e. The van der Waals surface area contributed by atoms with Crippen molar-refractivity contribution in [1.82, 2.24) is 10.6 Å². The molecule has 2 atom stereocenters. The van der Waals surface area contributed by atoms with Crippen LogP contribution >= 0.6 is 0 Å². The number of amides is 1. The van der Waals surface area contributed by atoms with Crippen LogP contribution in [0.4, 0.5) is 30.2 Å². The van der Waals surface area contributed by atoms with Crippen LogP contribution in [-0.4, -0.2) is 61.9 Å². The van der Waals surface area contributed by atoms with E-state index in [1.807, 2.05) is 25.1 Å². The minimum absolute atomic E-state index is 0.00203. The van der Waals surface area contributed by atoms with Crippen molar-refractivity contribution in [2.24, 2.45) is 0 Å². The van der Waals surface area contributed by atoms with Crippen molar-refractivity contribution in [2.45, 2.75) is 51.1 Å². The molecule has 0 radical (unpaired) electrons. The first-order chi connectivity index (χ1) is 21.8. The Labute approximate surface area is 265 Å². The fraction of sp³-hybridized carbons (Fsp3) is 0.387. The number of benzene rings is 3. The van der Waals surface area contributed by atoms with Gasteiger partial charge in [-0.2, -0.15) is 13.2 Å². The Bertz CT molecular complexity index is 1640. The number of nitrogens with one attached hydrogen (secondary N) is 3. The summed E-state index contributed by atoms with van der Waals surface area (Å²) in [5, 5.41) is 31.2. The Morgan fingerprint density at radius 3 is 2.46 bits per heavy atom. The molecule has 15 heteroatoms. The van der Waals surface area contributed by atoms with Gasteiger partial charge in [-0.3, -0.25) is 19.2 Å². The van der Waals surface area contributed by atoms with Crippen molar-refractivity contribution in [2.75, 3.05) is 35.0 Å². The van der Waals surface area contributed by atoms with Crippen LogP contribution in [0.25, 0.3) is 0 Å². The van der Waals surface area contributed by atoms with Crippen molar-refractivity contribution >= 4 is 33.0 Å². The SMILES string of the molecule is CCNc1cc(C(=O)N[C@@H](Cc2ccccc2)[C@H](O)CNCc2cc([N+](=O)[O-])cc(C(F)(F)F)c2)cc(N2CCCCS2(=O)=O)c1. The van der Waals surface area contributed by atoms with Crippen LogP contribution in [0.2, 0.25) is 0 Å². The Hall–Kier alpha value is -4.21. The minimum Gasteiger partial charge on any atom is -0.390 e. The summed E-state index contributed by atoms with van der Waals surface area (Å²) in [6.45, 7) is 2.28. The molecule has 1 aliphatic rings. The van der Waals surface area contributed by atoms with Crippen molar-refractivity contribution < 1.29 is 36.4 Å². The second-order valence-electron chi connectivity index (χ2n) is 11.0. The number of rotatable bonds is 13. The predicted octanol–water partition coefficient (Wildman–Crippen LogP) is 4.47. The molecule has 1 saturated heterocycles. The number of nitro groups is 1. The Balaban J connectivity index is 1.55. The summed E-state index contributed by atoms with van der Waals surface area (Å²) in [5.74, 6) is -0.560. The molecule has 0 unspecified atom stereocenters. The average Bonchev–Trinajstić information content (AvgIpc) is 3.00. The standard InChI is InChI=1S/C31H36F3N5O6S/c1-2-36-25-15-23(16-26(18-25)38-10-6-7-11-46(38,44)45)30(41)37-28(14-21-8-4-3-5-9-21)29(40)20-35-19-22-12-24(31(32,33)34)17-27(13-22)39(42)43/h3-5,8-9,12-13,15-18,28-29,35-36,40H,2,6-7,10-11,14,19-20H2,1H3,(H,37,41)/t28-,29+/m0/s1. The Morgan fingerprint density at radius 1 is 1.07 bits per heavy atom. The number of hydrogen-bond acceptors (Lipinski definition) is 8. The normalized spacial score (nSPS) is 16.0. The molecule has 46 heavy (non-hydrogen) atoms. The third-order valence-electron chi connectivity index (χ3n) is 7.48. The van der Waals surface area contributed by atoms with Gasteiger partial charge in [0.15, 0.2) is 0 Å². The molecule has 248 valence electrons. The number of nitro benzene ring substituents is 1. The zero-order chi connectivity index (χ0) is 33.5. The number of aliphatic hydroxyl groups excluding tert-OH is 1.